The van der Waals surface area contributed by atoms with Gasteiger partial charge in [0.25, 0.3) is 5.91 Å². The van der Waals surface area contributed by atoms with Gasteiger partial charge in [0.05, 0.1) is 12.2 Å². The number of halogens is 1. The molecular weight excluding hydrogens is 298 g/mol. The summed E-state index contributed by atoms with van der Waals surface area (Å²) in [6, 6.07) is 5.12. The number of methoxy groups -OCH3 is 1. The quantitative estimate of drug-likeness (QED) is 0.791. The van der Waals surface area contributed by atoms with Gasteiger partial charge in [0, 0.05) is 18.5 Å². The first kappa shape index (κ1) is 15.0. The summed E-state index contributed by atoms with van der Waals surface area (Å²) in [5.41, 5.74) is 1.01. The molecular formula is C13H18BrNO3. The van der Waals surface area contributed by atoms with Crippen molar-refractivity contribution in [3.05, 3.63) is 29.3 Å². The lowest BCUT2D eigenvalue weighted by atomic mass is 10.1. The molecule has 0 aliphatic carbocycles. The maximum Gasteiger partial charge on any atom is 0.255 e. The number of carbonyl (C=O) groups excluding carboxylic acids is 1. The van der Waals surface area contributed by atoms with Gasteiger partial charge >= 0.3 is 0 Å². The predicted molar refractivity (Wildman–Crippen MR) is 74.4 cm³/mol. The Kier molecular flexibility index (Phi) is 6.15. The number of nitrogens with one attached hydrogen (secondary N) is 1. The van der Waals surface area contributed by atoms with Gasteiger partial charge in [-0.1, -0.05) is 28.1 Å². The lowest BCUT2D eigenvalue weighted by molar-refractivity contribution is 0.0949. The molecule has 1 aromatic carbocycles. The van der Waals surface area contributed by atoms with Crippen LogP contribution in [0.1, 0.15) is 22.3 Å². The van der Waals surface area contributed by atoms with E-state index in [1.54, 1.807) is 32.2 Å². The molecule has 0 aliphatic rings. The Bertz CT molecular complexity index is 409. The molecule has 18 heavy (non-hydrogen) atoms. The van der Waals surface area contributed by atoms with E-state index in [4.69, 9.17) is 4.74 Å². The van der Waals surface area contributed by atoms with Gasteiger partial charge < -0.3 is 15.2 Å². The highest BCUT2D eigenvalue weighted by atomic mass is 79.9. The number of amides is 1. The van der Waals surface area contributed by atoms with E-state index in [1.807, 2.05) is 0 Å². The zero-order valence-electron chi connectivity index (χ0n) is 10.6. The van der Waals surface area contributed by atoms with Crippen LogP contribution in [0.2, 0.25) is 0 Å². The molecule has 1 unspecified atom stereocenters. The molecule has 1 atom stereocenters. The molecule has 100 valence electrons. The molecule has 1 aromatic rings. The number of hydrogen-bond acceptors (Lipinski definition) is 3. The van der Waals surface area contributed by atoms with Crippen LogP contribution in [0, 0.1) is 6.92 Å². The maximum atomic E-state index is 11.8. The molecule has 4 nitrogen and oxygen atoms in total. The van der Waals surface area contributed by atoms with E-state index in [9.17, 15) is 9.90 Å². The Hall–Kier alpha value is -1.07. The highest BCUT2D eigenvalue weighted by Gasteiger charge is 2.12. The van der Waals surface area contributed by atoms with Crippen LogP contribution in [-0.4, -0.2) is 36.1 Å². The Balaban J connectivity index is 2.48. The SMILES string of the molecule is COCC(Br)CCNC(=O)c1cccc(C)c1O. The zero-order chi connectivity index (χ0) is 13.5. The Labute approximate surface area is 115 Å². The highest BCUT2D eigenvalue weighted by molar-refractivity contribution is 9.09. The van der Waals surface area contributed by atoms with Crippen LogP contribution in [0.3, 0.4) is 0 Å². The fraction of sp³-hybridized carbons (Fsp3) is 0.462. The number of carbonyl (C=O) groups is 1. The molecule has 0 aromatic heterocycles. The standard InChI is InChI=1S/C13H18BrNO3/c1-9-4-3-5-11(12(9)16)13(17)15-7-6-10(14)8-18-2/h3-5,10,16H,6-8H2,1-2H3,(H,15,17). The van der Waals surface area contributed by atoms with Crippen molar-refractivity contribution < 1.29 is 14.6 Å². The number of phenolic OH excluding ortho intramolecular Hbond substituents is 1. The highest BCUT2D eigenvalue weighted by Crippen LogP contribution is 2.21. The summed E-state index contributed by atoms with van der Waals surface area (Å²) in [6.45, 7) is 2.90. The molecule has 0 saturated heterocycles. The molecule has 0 heterocycles. The first-order valence-corrected chi connectivity index (χ1v) is 6.67. The van der Waals surface area contributed by atoms with Crippen molar-refractivity contribution in [3.8, 4) is 5.75 Å². The van der Waals surface area contributed by atoms with Gasteiger partial charge in [-0.3, -0.25) is 4.79 Å². The van der Waals surface area contributed by atoms with Crippen LogP contribution >= 0.6 is 15.9 Å². The van der Waals surface area contributed by atoms with Gasteiger partial charge in [-0.2, -0.15) is 0 Å². The van der Waals surface area contributed by atoms with Gasteiger partial charge in [0.2, 0.25) is 0 Å². The molecule has 0 radical (unpaired) electrons. The number of ether oxygens (including phenoxy) is 1. The monoisotopic (exact) mass is 315 g/mol. The van der Waals surface area contributed by atoms with E-state index in [0.29, 0.717) is 24.3 Å². The van der Waals surface area contributed by atoms with Gasteiger partial charge in [0.15, 0.2) is 0 Å². The summed E-state index contributed by atoms with van der Waals surface area (Å²) in [6.07, 6.45) is 0.770. The molecule has 5 heteroatoms. The number of hydrogen-bond donors (Lipinski definition) is 2. The van der Waals surface area contributed by atoms with Gasteiger partial charge in [-0.25, -0.2) is 0 Å². The van der Waals surface area contributed by atoms with E-state index in [0.717, 1.165) is 6.42 Å². The summed E-state index contributed by atoms with van der Waals surface area (Å²) in [7, 11) is 1.64. The van der Waals surface area contributed by atoms with Crippen LogP contribution in [0.5, 0.6) is 5.75 Å². The third-order valence-electron chi connectivity index (χ3n) is 2.57. The number of phenols is 1. The lowest BCUT2D eigenvalue weighted by Gasteiger charge is -2.10. The molecule has 0 fully saturated rings. The fourth-order valence-corrected chi connectivity index (χ4v) is 2.04. The Morgan fingerprint density at radius 2 is 2.28 bits per heavy atom. The second kappa shape index (κ2) is 7.38. The van der Waals surface area contributed by atoms with Crippen molar-refractivity contribution in [2.75, 3.05) is 20.3 Å². The predicted octanol–water partition coefficient (Wildman–Crippen LogP) is 2.23. The van der Waals surface area contributed by atoms with Gasteiger partial charge in [-0.15, -0.1) is 0 Å². The molecule has 2 N–H and O–H groups in total. The second-order valence-corrected chi connectivity index (χ2v) is 5.36. The lowest BCUT2D eigenvalue weighted by Crippen LogP contribution is -2.27. The summed E-state index contributed by atoms with van der Waals surface area (Å²) < 4.78 is 4.98. The van der Waals surface area contributed by atoms with E-state index >= 15 is 0 Å². The number of benzene rings is 1. The van der Waals surface area contributed by atoms with Crippen LogP contribution in [0.25, 0.3) is 0 Å². The van der Waals surface area contributed by atoms with Gasteiger partial charge in [0.1, 0.15) is 5.75 Å². The fourth-order valence-electron chi connectivity index (χ4n) is 1.54. The van der Waals surface area contributed by atoms with E-state index in [2.05, 4.69) is 21.2 Å². The minimum Gasteiger partial charge on any atom is -0.507 e. The average molecular weight is 316 g/mol. The zero-order valence-corrected chi connectivity index (χ0v) is 12.2. The topological polar surface area (TPSA) is 58.6 Å². The molecule has 0 saturated carbocycles. The molecule has 0 bridgehead atoms. The van der Waals surface area contributed by atoms with Crippen molar-refractivity contribution in [1.82, 2.24) is 5.32 Å². The van der Waals surface area contributed by atoms with E-state index in [-0.39, 0.29) is 16.5 Å². The summed E-state index contributed by atoms with van der Waals surface area (Å²) >= 11 is 3.44. The molecule has 0 aliphatic heterocycles. The molecule has 1 rings (SSSR count). The normalized spacial score (nSPS) is 12.2. The second-order valence-electron chi connectivity index (χ2n) is 4.07. The number of aryl methyl sites for hydroxylation is 1. The van der Waals surface area contributed by atoms with E-state index in [1.165, 1.54) is 0 Å². The Morgan fingerprint density at radius 1 is 1.56 bits per heavy atom. The molecule has 0 spiro atoms. The average Bonchev–Trinajstić information content (AvgIpc) is 2.33. The minimum absolute atomic E-state index is 0.0438. The van der Waals surface area contributed by atoms with Crippen LogP contribution in [-0.2, 0) is 4.74 Å². The Morgan fingerprint density at radius 3 is 2.94 bits per heavy atom. The third kappa shape index (κ3) is 4.31. The summed E-state index contributed by atoms with van der Waals surface area (Å²) in [5, 5.41) is 12.5. The van der Waals surface area contributed by atoms with Gasteiger partial charge in [-0.05, 0) is 25.0 Å². The number of rotatable bonds is 6. The number of alkyl halides is 1. The van der Waals surface area contributed by atoms with E-state index < -0.39 is 0 Å². The van der Waals surface area contributed by atoms with Crippen molar-refractivity contribution in [1.29, 1.82) is 0 Å². The molecule has 1 amide bonds. The largest absolute Gasteiger partial charge is 0.507 e. The number of aromatic hydroxyl groups is 1. The van der Waals surface area contributed by atoms with Crippen molar-refractivity contribution in [2.24, 2.45) is 0 Å². The first-order valence-electron chi connectivity index (χ1n) is 5.76. The maximum absolute atomic E-state index is 11.8. The van der Waals surface area contributed by atoms with Crippen LogP contribution in [0.4, 0.5) is 0 Å². The van der Waals surface area contributed by atoms with Crippen molar-refractivity contribution in [3.63, 3.8) is 0 Å². The number of para-hydroxylation sites is 1. The summed E-state index contributed by atoms with van der Waals surface area (Å²) in [5.74, 6) is -0.212. The minimum atomic E-state index is -0.256. The van der Waals surface area contributed by atoms with Crippen LogP contribution in [0.15, 0.2) is 18.2 Å². The smallest absolute Gasteiger partial charge is 0.255 e. The van der Waals surface area contributed by atoms with Crippen molar-refractivity contribution >= 4 is 21.8 Å². The van der Waals surface area contributed by atoms with Crippen LogP contribution < -0.4 is 5.32 Å². The first-order chi connectivity index (χ1) is 8.56. The van der Waals surface area contributed by atoms with Crippen molar-refractivity contribution in [2.45, 2.75) is 18.2 Å². The third-order valence-corrected chi connectivity index (χ3v) is 3.30. The summed E-state index contributed by atoms with van der Waals surface area (Å²) in [4.78, 5) is 12.1.